The fourth-order valence-electron chi connectivity index (χ4n) is 2.07. The Morgan fingerprint density at radius 1 is 1.18 bits per heavy atom. The van der Waals surface area contributed by atoms with Gasteiger partial charge >= 0.3 is 0 Å². The lowest BCUT2D eigenvalue weighted by Crippen LogP contribution is -2.24. The smallest absolute Gasteiger partial charge is 0.224 e. The second-order valence-electron chi connectivity index (χ2n) is 4.76. The molecular formula is C16H12Cl2N2OS. The molecule has 3 rings (SSSR count). The van der Waals surface area contributed by atoms with Crippen LogP contribution in [0, 0.1) is 0 Å². The highest BCUT2D eigenvalue weighted by molar-refractivity contribution is 7.18. The summed E-state index contributed by atoms with van der Waals surface area (Å²) in [5.74, 6) is -0.0940. The van der Waals surface area contributed by atoms with Crippen molar-refractivity contribution in [2.45, 2.75) is 13.0 Å². The Morgan fingerprint density at radius 3 is 2.77 bits per heavy atom. The van der Waals surface area contributed by atoms with Crippen molar-refractivity contribution in [1.82, 2.24) is 10.3 Å². The summed E-state index contributed by atoms with van der Waals surface area (Å²) < 4.78 is 1.12. The van der Waals surface area contributed by atoms with Crippen molar-refractivity contribution in [3.05, 3.63) is 63.1 Å². The van der Waals surface area contributed by atoms with Crippen LogP contribution < -0.4 is 5.32 Å². The van der Waals surface area contributed by atoms with Crippen LogP contribution in [0.5, 0.6) is 0 Å². The lowest BCUT2D eigenvalue weighted by molar-refractivity contribution is -0.120. The maximum absolute atomic E-state index is 12.0. The van der Waals surface area contributed by atoms with Gasteiger partial charge in [0.05, 0.1) is 23.2 Å². The number of aromatic nitrogens is 1. The van der Waals surface area contributed by atoms with Gasteiger partial charge in [-0.2, -0.15) is 0 Å². The molecule has 112 valence electrons. The van der Waals surface area contributed by atoms with Crippen LogP contribution >= 0.6 is 34.5 Å². The van der Waals surface area contributed by atoms with Crippen molar-refractivity contribution in [2.75, 3.05) is 0 Å². The van der Waals surface area contributed by atoms with E-state index in [1.807, 2.05) is 24.3 Å². The molecule has 3 aromatic rings. The summed E-state index contributed by atoms with van der Waals surface area (Å²) in [5.41, 5.74) is 1.71. The number of halogens is 2. The molecule has 1 heterocycles. The molecule has 1 N–H and O–H groups in total. The number of hydrogen-bond acceptors (Lipinski definition) is 3. The molecule has 6 heteroatoms. The topological polar surface area (TPSA) is 42.0 Å². The maximum atomic E-state index is 12.0. The van der Waals surface area contributed by atoms with E-state index < -0.39 is 0 Å². The highest BCUT2D eigenvalue weighted by Crippen LogP contribution is 2.22. The molecule has 22 heavy (non-hydrogen) atoms. The Labute approximate surface area is 141 Å². The van der Waals surface area contributed by atoms with Crippen molar-refractivity contribution < 1.29 is 4.79 Å². The SMILES string of the molecule is O=C(Cc1ccc(Cl)cc1Cl)NCc1nc2ccccc2s1. The molecule has 0 saturated heterocycles. The van der Waals surface area contributed by atoms with Crippen LogP contribution in [0.1, 0.15) is 10.6 Å². The fourth-order valence-corrected chi connectivity index (χ4v) is 3.45. The highest BCUT2D eigenvalue weighted by atomic mass is 35.5. The average molecular weight is 351 g/mol. The standard InChI is InChI=1S/C16H12Cl2N2OS/c17-11-6-5-10(12(18)8-11)7-15(21)19-9-16-20-13-3-1-2-4-14(13)22-16/h1-6,8H,7,9H2,(H,19,21). The first-order valence-corrected chi connectivity index (χ1v) is 8.24. The Balaban J connectivity index is 1.62. The van der Waals surface area contributed by atoms with Crippen LogP contribution in [0.2, 0.25) is 10.0 Å². The van der Waals surface area contributed by atoms with Crippen LogP contribution in [-0.4, -0.2) is 10.9 Å². The maximum Gasteiger partial charge on any atom is 0.224 e. The average Bonchev–Trinajstić information content (AvgIpc) is 2.91. The number of amides is 1. The van der Waals surface area contributed by atoms with E-state index in [1.165, 1.54) is 0 Å². The van der Waals surface area contributed by atoms with E-state index in [1.54, 1.807) is 29.5 Å². The molecular weight excluding hydrogens is 339 g/mol. The Bertz CT molecular complexity index is 799. The number of fused-ring (bicyclic) bond motifs is 1. The zero-order valence-corrected chi connectivity index (χ0v) is 13.8. The number of para-hydroxylation sites is 1. The molecule has 1 aromatic heterocycles. The van der Waals surface area contributed by atoms with E-state index in [2.05, 4.69) is 10.3 Å². The van der Waals surface area contributed by atoms with Gasteiger partial charge in [0, 0.05) is 10.0 Å². The van der Waals surface area contributed by atoms with Crippen molar-refractivity contribution in [3.63, 3.8) is 0 Å². The third-order valence-electron chi connectivity index (χ3n) is 3.14. The molecule has 0 unspecified atom stereocenters. The van der Waals surface area contributed by atoms with Gasteiger partial charge in [0.25, 0.3) is 0 Å². The molecule has 3 nitrogen and oxygen atoms in total. The first-order chi connectivity index (χ1) is 10.6. The van der Waals surface area contributed by atoms with E-state index in [-0.39, 0.29) is 12.3 Å². The second-order valence-corrected chi connectivity index (χ2v) is 6.72. The number of nitrogens with zero attached hydrogens (tertiary/aromatic N) is 1. The zero-order valence-electron chi connectivity index (χ0n) is 11.5. The minimum absolute atomic E-state index is 0.0940. The van der Waals surface area contributed by atoms with Gasteiger partial charge in [0.1, 0.15) is 5.01 Å². The predicted octanol–water partition coefficient (Wildman–Crippen LogP) is 4.46. The summed E-state index contributed by atoms with van der Waals surface area (Å²) in [6.45, 7) is 0.420. The molecule has 2 aromatic carbocycles. The van der Waals surface area contributed by atoms with Crippen LogP contribution in [0.3, 0.4) is 0 Å². The van der Waals surface area contributed by atoms with Crippen LogP contribution in [-0.2, 0) is 17.8 Å². The predicted molar refractivity (Wildman–Crippen MR) is 91.6 cm³/mol. The summed E-state index contributed by atoms with van der Waals surface area (Å²) in [4.78, 5) is 16.5. The molecule has 0 atom stereocenters. The number of hydrogen-bond donors (Lipinski definition) is 1. The molecule has 0 aliphatic rings. The molecule has 0 aliphatic carbocycles. The molecule has 0 fully saturated rings. The largest absolute Gasteiger partial charge is 0.349 e. The van der Waals surface area contributed by atoms with Gasteiger partial charge in [-0.1, -0.05) is 41.4 Å². The molecule has 0 saturated carbocycles. The number of rotatable bonds is 4. The molecule has 0 aliphatic heterocycles. The summed E-state index contributed by atoms with van der Waals surface area (Å²) in [5, 5.41) is 4.81. The van der Waals surface area contributed by atoms with E-state index in [0.29, 0.717) is 16.6 Å². The van der Waals surface area contributed by atoms with Gasteiger partial charge in [-0.15, -0.1) is 11.3 Å². The first kappa shape index (κ1) is 15.3. The molecule has 0 radical (unpaired) electrons. The van der Waals surface area contributed by atoms with Gasteiger partial charge < -0.3 is 5.32 Å². The first-order valence-electron chi connectivity index (χ1n) is 6.67. The Kier molecular flexibility index (Phi) is 4.62. The van der Waals surface area contributed by atoms with Crippen LogP contribution in [0.15, 0.2) is 42.5 Å². The monoisotopic (exact) mass is 350 g/mol. The zero-order chi connectivity index (χ0) is 15.5. The summed E-state index contributed by atoms with van der Waals surface area (Å²) >= 11 is 13.5. The van der Waals surface area contributed by atoms with E-state index in [9.17, 15) is 4.79 Å². The van der Waals surface area contributed by atoms with Crippen LogP contribution in [0.25, 0.3) is 10.2 Å². The van der Waals surface area contributed by atoms with Crippen molar-refractivity contribution >= 4 is 50.7 Å². The third kappa shape index (κ3) is 3.58. The molecule has 0 spiro atoms. The van der Waals surface area contributed by atoms with E-state index in [4.69, 9.17) is 23.2 Å². The fraction of sp³-hybridized carbons (Fsp3) is 0.125. The number of benzene rings is 2. The highest BCUT2D eigenvalue weighted by Gasteiger charge is 2.09. The third-order valence-corrected chi connectivity index (χ3v) is 4.76. The minimum atomic E-state index is -0.0940. The number of carbonyl (C=O) groups is 1. The minimum Gasteiger partial charge on any atom is -0.349 e. The summed E-state index contributed by atoms with van der Waals surface area (Å²) in [7, 11) is 0. The lowest BCUT2D eigenvalue weighted by Gasteiger charge is -2.05. The molecule has 0 bridgehead atoms. The summed E-state index contributed by atoms with van der Waals surface area (Å²) in [6.07, 6.45) is 0.223. The number of nitrogens with one attached hydrogen (secondary N) is 1. The normalized spacial score (nSPS) is 10.8. The molecule has 1 amide bonds. The number of thiazole rings is 1. The summed E-state index contributed by atoms with van der Waals surface area (Å²) in [6, 6.07) is 13.0. The van der Waals surface area contributed by atoms with Gasteiger partial charge in [0.2, 0.25) is 5.91 Å². The van der Waals surface area contributed by atoms with E-state index >= 15 is 0 Å². The van der Waals surface area contributed by atoms with Crippen LogP contribution in [0.4, 0.5) is 0 Å². The second kappa shape index (κ2) is 6.65. The van der Waals surface area contributed by atoms with Gasteiger partial charge in [-0.05, 0) is 29.8 Å². The van der Waals surface area contributed by atoms with Crippen molar-refractivity contribution in [2.24, 2.45) is 0 Å². The number of carbonyl (C=O) groups excluding carboxylic acids is 1. The van der Waals surface area contributed by atoms with Gasteiger partial charge in [-0.3, -0.25) is 4.79 Å². The lowest BCUT2D eigenvalue weighted by atomic mass is 10.1. The van der Waals surface area contributed by atoms with Gasteiger partial charge in [0.15, 0.2) is 0 Å². The van der Waals surface area contributed by atoms with E-state index in [0.717, 1.165) is 20.8 Å². The van der Waals surface area contributed by atoms with Gasteiger partial charge in [-0.25, -0.2) is 4.98 Å². The van der Waals surface area contributed by atoms with Crippen molar-refractivity contribution in [3.8, 4) is 0 Å². The Morgan fingerprint density at radius 2 is 2.00 bits per heavy atom. The van der Waals surface area contributed by atoms with Crippen molar-refractivity contribution in [1.29, 1.82) is 0 Å². The quantitative estimate of drug-likeness (QED) is 0.754. The Hall–Kier alpha value is -1.62.